The summed E-state index contributed by atoms with van der Waals surface area (Å²) >= 11 is 5.91. The van der Waals surface area contributed by atoms with E-state index < -0.39 is 12.0 Å². The summed E-state index contributed by atoms with van der Waals surface area (Å²) in [6.07, 6.45) is 0. The Kier molecular flexibility index (Phi) is 6.67. The molecule has 0 fully saturated rings. The summed E-state index contributed by atoms with van der Waals surface area (Å²) in [6.45, 7) is 8.82. The van der Waals surface area contributed by atoms with Gasteiger partial charge in [-0.15, -0.1) is 0 Å². The van der Waals surface area contributed by atoms with Gasteiger partial charge in [-0.2, -0.15) is 0 Å². The van der Waals surface area contributed by atoms with Crippen LogP contribution in [0.3, 0.4) is 0 Å². The molecule has 1 heterocycles. The van der Waals surface area contributed by atoms with Crippen molar-refractivity contribution < 1.29 is 19.1 Å². The molecule has 0 saturated carbocycles. The van der Waals surface area contributed by atoms with Crippen molar-refractivity contribution in [3.05, 3.63) is 57.4 Å². The maximum atomic E-state index is 13.3. The first kappa shape index (κ1) is 21.7. The zero-order chi connectivity index (χ0) is 21.2. The number of benzene rings is 1. The van der Waals surface area contributed by atoms with Gasteiger partial charge in [0.2, 0.25) is 0 Å². The number of aryl methyl sites for hydroxylation is 1. The summed E-state index contributed by atoms with van der Waals surface area (Å²) in [5.74, 6) is -1.03. The molecule has 150 valence electrons. The number of rotatable bonds is 6. The predicted octanol–water partition coefficient (Wildman–Crippen LogP) is 4.19. The summed E-state index contributed by atoms with van der Waals surface area (Å²) in [5.41, 5.74) is 2.19. The maximum absolute atomic E-state index is 13.3. The number of hydrogen-bond acceptors (Lipinski definition) is 4. The fraction of sp³-hybridized carbons (Fsp3) is 0.381. The summed E-state index contributed by atoms with van der Waals surface area (Å²) < 4.78 is 4.76. The molecule has 0 aliphatic rings. The molecule has 0 radical (unpaired) electrons. The van der Waals surface area contributed by atoms with E-state index in [1.54, 1.807) is 45.0 Å². The number of methoxy groups -OCH3 is 1. The molecule has 0 aliphatic carbocycles. The summed E-state index contributed by atoms with van der Waals surface area (Å²) in [5, 5.41) is 0.533. The number of H-pyrrole nitrogens is 1. The molecule has 2 rings (SSSR count). The van der Waals surface area contributed by atoms with Crippen LogP contribution < -0.4 is 0 Å². The van der Waals surface area contributed by atoms with Gasteiger partial charge in [-0.1, -0.05) is 11.6 Å². The number of halogens is 1. The molecule has 1 amide bonds. The molecule has 7 heteroatoms. The maximum Gasteiger partial charge on any atom is 0.354 e. The molecule has 1 atom stereocenters. The van der Waals surface area contributed by atoms with Crippen molar-refractivity contribution in [3.8, 4) is 0 Å². The number of aromatic nitrogens is 1. The Hall–Kier alpha value is -2.60. The van der Waals surface area contributed by atoms with Crippen molar-refractivity contribution in [1.82, 2.24) is 9.88 Å². The molecular weight excluding hydrogens is 380 g/mol. The Bertz CT molecular complexity index is 900. The average Bonchev–Trinajstić information content (AvgIpc) is 2.94. The van der Waals surface area contributed by atoms with E-state index in [-0.39, 0.29) is 23.4 Å². The second-order valence-corrected chi connectivity index (χ2v) is 7.41. The van der Waals surface area contributed by atoms with Gasteiger partial charge in [-0.25, -0.2) is 4.79 Å². The van der Waals surface area contributed by atoms with Crippen LogP contribution in [-0.2, 0) is 4.74 Å². The molecule has 1 unspecified atom stereocenters. The van der Waals surface area contributed by atoms with E-state index in [4.69, 9.17) is 16.3 Å². The lowest BCUT2D eigenvalue weighted by Crippen LogP contribution is -2.47. The van der Waals surface area contributed by atoms with Crippen molar-refractivity contribution in [3.63, 3.8) is 0 Å². The highest BCUT2D eigenvalue weighted by Crippen LogP contribution is 2.24. The molecule has 1 aromatic heterocycles. The number of Topliss-reactive ketones (excluding diaryl/α,β-unsaturated/α-hetero) is 1. The Balaban J connectivity index is 2.41. The van der Waals surface area contributed by atoms with Gasteiger partial charge in [-0.05, 0) is 64.4 Å². The van der Waals surface area contributed by atoms with Crippen LogP contribution >= 0.6 is 11.6 Å². The van der Waals surface area contributed by atoms with E-state index in [1.807, 2.05) is 13.8 Å². The highest BCUT2D eigenvalue weighted by molar-refractivity contribution is 6.30. The second-order valence-electron chi connectivity index (χ2n) is 6.97. The third kappa shape index (κ3) is 4.12. The molecular formula is C21H25ClN2O4. The number of hydrogen-bond donors (Lipinski definition) is 1. The molecule has 28 heavy (non-hydrogen) atoms. The van der Waals surface area contributed by atoms with Crippen LogP contribution in [0.1, 0.15) is 63.2 Å². The van der Waals surface area contributed by atoms with Gasteiger partial charge < -0.3 is 14.6 Å². The topological polar surface area (TPSA) is 79.5 Å². The first-order valence-electron chi connectivity index (χ1n) is 9.00. The largest absolute Gasteiger partial charge is 0.464 e. The van der Waals surface area contributed by atoms with Gasteiger partial charge in [0.15, 0.2) is 5.78 Å². The second kappa shape index (κ2) is 8.61. The van der Waals surface area contributed by atoms with Crippen LogP contribution in [0, 0.1) is 13.8 Å². The normalized spacial score (nSPS) is 12.0. The van der Waals surface area contributed by atoms with E-state index >= 15 is 0 Å². The van der Waals surface area contributed by atoms with Crippen molar-refractivity contribution >= 4 is 29.3 Å². The minimum Gasteiger partial charge on any atom is -0.464 e. The molecule has 0 aliphatic heterocycles. The Morgan fingerprint density at radius 3 is 2.14 bits per heavy atom. The minimum atomic E-state index is -0.720. The zero-order valence-corrected chi connectivity index (χ0v) is 17.7. The number of amides is 1. The number of aromatic amines is 1. The molecule has 1 N–H and O–H groups in total. The molecule has 0 bridgehead atoms. The molecule has 2 aromatic rings. The van der Waals surface area contributed by atoms with Crippen LogP contribution in [-0.4, -0.2) is 46.7 Å². The highest BCUT2D eigenvalue weighted by atomic mass is 35.5. The fourth-order valence-corrected chi connectivity index (χ4v) is 3.49. The Morgan fingerprint density at radius 2 is 1.64 bits per heavy atom. The predicted molar refractivity (Wildman–Crippen MR) is 108 cm³/mol. The standard InChI is InChI=1S/C21H25ClN2O4/c1-11(2)24(20(26)15-7-9-16(22)10-8-15)14(5)19(25)17-12(3)18(21(27)28-6)23-13(17)4/h7-11,14,23H,1-6H3. The van der Waals surface area contributed by atoms with Crippen molar-refractivity contribution in [2.75, 3.05) is 7.11 Å². The fourth-order valence-electron chi connectivity index (χ4n) is 3.36. The van der Waals surface area contributed by atoms with Crippen LogP contribution in [0.2, 0.25) is 5.02 Å². The van der Waals surface area contributed by atoms with Gasteiger partial charge >= 0.3 is 5.97 Å². The number of ether oxygens (including phenoxy) is 1. The van der Waals surface area contributed by atoms with Crippen LogP contribution in [0.4, 0.5) is 0 Å². The lowest BCUT2D eigenvalue weighted by molar-refractivity contribution is 0.0565. The minimum absolute atomic E-state index is 0.207. The van der Waals surface area contributed by atoms with Crippen molar-refractivity contribution in [2.45, 2.75) is 46.7 Å². The SMILES string of the molecule is COC(=O)c1[nH]c(C)c(C(=O)C(C)N(C(=O)c2ccc(Cl)cc2)C(C)C)c1C. The number of nitrogens with zero attached hydrogens (tertiary/aromatic N) is 1. The van der Waals surface area contributed by atoms with Crippen LogP contribution in [0.25, 0.3) is 0 Å². The summed E-state index contributed by atoms with van der Waals surface area (Å²) in [4.78, 5) is 42.7. The van der Waals surface area contributed by atoms with Gasteiger partial charge in [0.1, 0.15) is 5.69 Å². The highest BCUT2D eigenvalue weighted by Gasteiger charge is 2.33. The van der Waals surface area contributed by atoms with E-state index in [9.17, 15) is 14.4 Å². The molecule has 6 nitrogen and oxygen atoms in total. The molecule has 0 spiro atoms. The van der Waals surface area contributed by atoms with Crippen LogP contribution in [0.15, 0.2) is 24.3 Å². The van der Waals surface area contributed by atoms with E-state index in [0.717, 1.165) is 0 Å². The number of carbonyl (C=O) groups excluding carboxylic acids is 3. The van der Waals surface area contributed by atoms with E-state index in [2.05, 4.69) is 4.98 Å². The monoisotopic (exact) mass is 404 g/mol. The van der Waals surface area contributed by atoms with Crippen molar-refractivity contribution in [2.24, 2.45) is 0 Å². The van der Waals surface area contributed by atoms with Gasteiger partial charge in [0, 0.05) is 27.9 Å². The summed E-state index contributed by atoms with van der Waals surface area (Å²) in [6, 6.07) is 5.63. The quantitative estimate of drug-likeness (QED) is 0.578. The van der Waals surface area contributed by atoms with Gasteiger partial charge in [-0.3, -0.25) is 9.59 Å². The number of esters is 1. The van der Waals surface area contributed by atoms with Gasteiger partial charge in [0.25, 0.3) is 5.91 Å². The first-order valence-corrected chi connectivity index (χ1v) is 9.37. The number of nitrogens with one attached hydrogen (secondary N) is 1. The third-order valence-electron chi connectivity index (χ3n) is 4.75. The first-order chi connectivity index (χ1) is 13.1. The lowest BCUT2D eigenvalue weighted by Gasteiger charge is -2.32. The number of carbonyl (C=O) groups is 3. The smallest absolute Gasteiger partial charge is 0.354 e. The average molecular weight is 405 g/mol. The molecule has 0 saturated heterocycles. The van der Waals surface area contributed by atoms with E-state index in [0.29, 0.717) is 27.4 Å². The Labute approximate surface area is 169 Å². The Morgan fingerprint density at radius 1 is 1.07 bits per heavy atom. The third-order valence-corrected chi connectivity index (χ3v) is 5.00. The van der Waals surface area contributed by atoms with Crippen molar-refractivity contribution in [1.29, 1.82) is 0 Å². The lowest BCUT2D eigenvalue weighted by atomic mass is 9.98. The summed E-state index contributed by atoms with van der Waals surface area (Å²) in [7, 11) is 1.29. The van der Waals surface area contributed by atoms with Gasteiger partial charge in [0.05, 0.1) is 13.2 Å². The van der Waals surface area contributed by atoms with Crippen LogP contribution in [0.5, 0.6) is 0 Å². The van der Waals surface area contributed by atoms with E-state index in [1.165, 1.54) is 12.0 Å². The molecule has 1 aromatic carbocycles. The zero-order valence-electron chi connectivity index (χ0n) is 16.9. The number of ketones is 1.